The third-order valence-corrected chi connectivity index (χ3v) is 4.21. The van der Waals surface area contributed by atoms with Gasteiger partial charge in [-0.15, -0.1) is 0 Å². The standard InChI is InChI=1S/C17H23NO3/c1-14-8-10-17(11-9-14,16(19)20-2)13-18-21-12-15-6-4-3-5-7-15/h3-7,13-14H,8-12H2,1-2H3. The van der Waals surface area contributed by atoms with Crippen LogP contribution in [0.15, 0.2) is 35.5 Å². The van der Waals surface area contributed by atoms with Gasteiger partial charge < -0.3 is 9.57 Å². The smallest absolute Gasteiger partial charge is 0.317 e. The second-order valence-corrected chi connectivity index (χ2v) is 5.82. The number of esters is 1. The highest BCUT2D eigenvalue weighted by Crippen LogP contribution is 2.38. The number of carbonyl (C=O) groups excluding carboxylic acids is 1. The van der Waals surface area contributed by atoms with Gasteiger partial charge in [-0.05, 0) is 37.2 Å². The molecule has 0 bridgehead atoms. The Morgan fingerprint density at radius 1 is 1.33 bits per heavy atom. The van der Waals surface area contributed by atoms with Crippen molar-refractivity contribution in [3.8, 4) is 0 Å². The molecule has 1 fully saturated rings. The highest BCUT2D eigenvalue weighted by atomic mass is 16.6. The topological polar surface area (TPSA) is 47.9 Å². The molecule has 1 aliphatic carbocycles. The monoisotopic (exact) mass is 289 g/mol. The van der Waals surface area contributed by atoms with Crippen molar-refractivity contribution in [1.29, 1.82) is 0 Å². The summed E-state index contributed by atoms with van der Waals surface area (Å²) in [7, 11) is 1.43. The van der Waals surface area contributed by atoms with Gasteiger partial charge in [0, 0.05) is 0 Å². The Morgan fingerprint density at radius 2 is 2.00 bits per heavy atom. The molecule has 0 atom stereocenters. The van der Waals surface area contributed by atoms with E-state index in [-0.39, 0.29) is 5.97 Å². The van der Waals surface area contributed by atoms with Crippen molar-refractivity contribution in [2.45, 2.75) is 39.2 Å². The Bertz CT molecular complexity index is 476. The minimum atomic E-state index is -0.613. The van der Waals surface area contributed by atoms with Crippen LogP contribution >= 0.6 is 0 Å². The SMILES string of the molecule is COC(=O)C1(C=NOCc2ccccc2)CCC(C)CC1. The molecule has 0 radical (unpaired) electrons. The first-order chi connectivity index (χ1) is 10.2. The highest BCUT2D eigenvalue weighted by Gasteiger charge is 2.41. The average Bonchev–Trinajstić information content (AvgIpc) is 2.54. The molecule has 2 rings (SSSR count). The lowest BCUT2D eigenvalue weighted by molar-refractivity contribution is -0.150. The van der Waals surface area contributed by atoms with E-state index in [4.69, 9.17) is 9.57 Å². The number of rotatable bonds is 5. The number of ether oxygens (including phenoxy) is 1. The Kier molecular flexibility index (Phi) is 5.37. The van der Waals surface area contributed by atoms with E-state index in [1.54, 1.807) is 6.21 Å². The van der Waals surface area contributed by atoms with Crippen LogP contribution < -0.4 is 0 Å². The quantitative estimate of drug-likeness (QED) is 0.473. The van der Waals surface area contributed by atoms with Crippen LogP contribution in [0.4, 0.5) is 0 Å². The van der Waals surface area contributed by atoms with Crippen LogP contribution in [-0.4, -0.2) is 19.3 Å². The molecule has 0 spiro atoms. The Balaban J connectivity index is 1.95. The number of nitrogens with zero attached hydrogens (tertiary/aromatic N) is 1. The summed E-state index contributed by atoms with van der Waals surface area (Å²) < 4.78 is 4.96. The molecule has 0 N–H and O–H groups in total. The zero-order chi connectivity index (χ0) is 15.1. The van der Waals surface area contributed by atoms with Crippen molar-refractivity contribution in [1.82, 2.24) is 0 Å². The summed E-state index contributed by atoms with van der Waals surface area (Å²) in [6.07, 6.45) is 5.23. The minimum Gasteiger partial charge on any atom is -0.468 e. The summed E-state index contributed by atoms with van der Waals surface area (Å²) in [4.78, 5) is 17.4. The van der Waals surface area contributed by atoms with Crippen LogP contribution in [0.25, 0.3) is 0 Å². The molecule has 1 aromatic rings. The van der Waals surface area contributed by atoms with E-state index in [9.17, 15) is 4.79 Å². The highest BCUT2D eigenvalue weighted by molar-refractivity contribution is 5.95. The van der Waals surface area contributed by atoms with Gasteiger partial charge in [-0.2, -0.15) is 0 Å². The minimum absolute atomic E-state index is 0.207. The summed E-state index contributed by atoms with van der Waals surface area (Å²) in [6.45, 7) is 2.62. The largest absolute Gasteiger partial charge is 0.468 e. The maximum Gasteiger partial charge on any atom is 0.317 e. The predicted molar refractivity (Wildman–Crippen MR) is 81.8 cm³/mol. The third kappa shape index (κ3) is 4.06. The van der Waals surface area contributed by atoms with Crippen molar-refractivity contribution in [3.63, 3.8) is 0 Å². The van der Waals surface area contributed by atoms with E-state index >= 15 is 0 Å². The average molecular weight is 289 g/mol. The van der Waals surface area contributed by atoms with E-state index in [1.807, 2.05) is 30.3 Å². The van der Waals surface area contributed by atoms with Crippen molar-refractivity contribution < 1.29 is 14.4 Å². The van der Waals surface area contributed by atoms with Gasteiger partial charge in [-0.1, -0.05) is 42.4 Å². The molecule has 0 saturated heterocycles. The van der Waals surface area contributed by atoms with Crippen molar-refractivity contribution in [3.05, 3.63) is 35.9 Å². The lowest BCUT2D eigenvalue weighted by atomic mass is 9.71. The number of methoxy groups -OCH3 is 1. The van der Waals surface area contributed by atoms with Crippen LogP contribution in [-0.2, 0) is 21.0 Å². The number of benzene rings is 1. The molecular formula is C17H23NO3. The Labute approximate surface area is 126 Å². The molecule has 0 unspecified atom stereocenters. The predicted octanol–water partition coefficient (Wildman–Crippen LogP) is 3.56. The summed E-state index contributed by atoms with van der Waals surface area (Å²) in [5.74, 6) is 0.447. The lowest BCUT2D eigenvalue weighted by Gasteiger charge is -2.33. The van der Waals surface area contributed by atoms with Gasteiger partial charge in [0.25, 0.3) is 0 Å². The van der Waals surface area contributed by atoms with E-state index in [0.29, 0.717) is 12.5 Å². The van der Waals surface area contributed by atoms with Gasteiger partial charge in [-0.3, -0.25) is 4.79 Å². The lowest BCUT2D eigenvalue weighted by Crippen LogP contribution is -2.37. The van der Waals surface area contributed by atoms with Gasteiger partial charge in [-0.25, -0.2) is 0 Å². The van der Waals surface area contributed by atoms with Crippen LogP contribution in [0.1, 0.15) is 38.2 Å². The summed E-state index contributed by atoms with van der Waals surface area (Å²) >= 11 is 0. The Hall–Kier alpha value is -1.84. The molecule has 1 aromatic carbocycles. The second kappa shape index (κ2) is 7.25. The second-order valence-electron chi connectivity index (χ2n) is 5.82. The molecule has 114 valence electrons. The van der Waals surface area contributed by atoms with Gasteiger partial charge in [0.15, 0.2) is 0 Å². The molecule has 21 heavy (non-hydrogen) atoms. The van der Waals surface area contributed by atoms with E-state index in [1.165, 1.54) is 7.11 Å². The first-order valence-electron chi connectivity index (χ1n) is 7.45. The maximum absolute atomic E-state index is 12.1. The normalized spacial score (nSPS) is 25.7. The summed E-state index contributed by atoms with van der Waals surface area (Å²) in [5, 5.41) is 4.03. The van der Waals surface area contributed by atoms with Crippen molar-refractivity contribution in [2.24, 2.45) is 16.5 Å². The molecule has 0 aromatic heterocycles. The zero-order valence-electron chi connectivity index (χ0n) is 12.7. The zero-order valence-corrected chi connectivity index (χ0v) is 12.7. The molecule has 4 heteroatoms. The van der Waals surface area contributed by atoms with Crippen molar-refractivity contribution in [2.75, 3.05) is 7.11 Å². The number of hydrogen-bond donors (Lipinski definition) is 0. The van der Waals surface area contributed by atoms with Gasteiger partial charge in [0.2, 0.25) is 0 Å². The molecule has 0 amide bonds. The molecule has 1 saturated carbocycles. The van der Waals surface area contributed by atoms with Crippen LogP contribution in [0.5, 0.6) is 0 Å². The van der Waals surface area contributed by atoms with Crippen molar-refractivity contribution >= 4 is 12.2 Å². The van der Waals surface area contributed by atoms with Crippen LogP contribution in [0, 0.1) is 11.3 Å². The summed E-state index contributed by atoms with van der Waals surface area (Å²) in [6, 6.07) is 9.84. The first-order valence-corrected chi connectivity index (χ1v) is 7.45. The number of oxime groups is 1. The first kappa shape index (κ1) is 15.5. The number of carbonyl (C=O) groups is 1. The molecular weight excluding hydrogens is 266 g/mol. The fraction of sp³-hybridized carbons (Fsp3) is 0.529. The fourth-order valence-electron chi connectivity index (χ4n) is 2.69. The molecule has 1 aliphatic rings. The summed E-state index contributed by atoms with van der Waals surface area (Å²) in [5.41, 5.74) is 0.442. The molecule has 0 heterocycles. The molecule has 0 aliphatic heterocycles. The van der Waals surface area contributed by atoms with E-state index < -0.39 is 5.41 Å². The van der Waals surface area contributed by atoms with Crippen LogP contribution in [0.3, 0.4) is 0 Å². The van der Waals surface area contributed by atoms with Gasteiger partial charge in [0.05, 0.1) is 13.3 Å². The third-order valence-electron chi connectivity index (χ3n) is 4.21. The number of hydrogen-bond acceptors (Lipinski definition) is 4. The van der Waals surface area contributed by atoms with E-state index in [0.717, 1.165) is 31.2 Å². The van der Waals surface area contributed by atoms with Crippen LogP contribution in [0.2, 0.25) is 0 Å². The fourth-order valence-corrected chi connectivity index (χ4v) is 2.69. The van der Waals surface area contributed by atoms with E-state index in [2.05, 4.69) is 12.1 Å². The van der Waals surface area contributed by atoms with Gasteiger partial charge >= 0.3 is 5.97 Å². The van der Waals surface area contributed by atoms with Gasteiger partial charge in [0.1, 0.15) is 12.0 Å². The maximum atomic E-state index is 12.1. The Morgan fingerprint density at radius 3 is 2.62 bits per heavy atom. The molecule has 4 nitrogen and oxygen atoms in total.